The van der Waals surface area contributed by atoms with Crippen molar-refractivity contribution in [2.45, 2.75) is 45.4 Å². The summed E-state index contributed by atoms with van der Waals surface area (Å²) in [6.45, 7) is 8.06. The van der Waals surface area contributed by atoms with Crippen LogP contribution in [0.15, 0.2) is 10.8 Å². The van der Waals surface area contributed by atoms with Crippen LogP contribution in [0.2, 0.25) is 10.3 Å². The summed E-state index contributed by atoms with van der Waals surface area (Å²) in [7, 11) is 0. The van der Waals surface area contributed by atoms with Crippen molar-refractivity contribution >= 4 is 50.7 Å². The third-order valence-electron chi connectivity index (χ3n) is 3.90. The van der Waals surface area contributed by atoms with Crippen LogP contribution in [0.3, 0.4) is 0 Å². The number of halogens is 3. The van der Waals surface area contributed by atoms with E-state index in [1.807, 2.05) is 27.7 Å². The van der Waals surface area contributed by atoms with Crippen LogP contribution in [-0.4, -0.2) is 50.2 Å². The molecular formula is C16H19BrCl2N4O3. The second-order valence-corrected chi connectivity index (χ2v) is 8.62. The van der Waals surface area contributed by atoms with Crippen molar-refractivity contribution in [2.24, 2.45) is 0 Å². The first-order valence-electron chi connectivity index (χ1n) is 8.07. The largest absolute Gasteiger partial charge is 0.444 e. The number of hydrogen-bond acceptors (Lipinski definition) is 5. The SMILES string of the molecule is C[C@H]1CO[C@H](c2nc(Br)c3c(Cl)ncc(Cl)n23)CN1C(=O)OC(C)(C)C. The van der Waals surface area contributed by atoms with Crippen LogP contribution in [0, 0.1) is 0 Å². The molecule has 3 rings (SSSR count). The number of hydrogen-bond donors (Lipinski definition) is 0. The van der Waals surface area contributed by atoms with Gasteiger partial charge in [0, 0.05) is 0 Å². The Balaban J connectivity index is 1.95. The summed E-state index contributed by atoms with van der Waals surface area (Å²) >= 11 is 15.9. The van der Waals surface area contributed by atoms with Gasteiger partial charge in [0.2, 0.25) is 0 Å². The zero-order valence-corrected chi connectivity index (χ0v) is 17.9. The molecule has 1 fully saturated rings. The quantitative estimate of drug-likeness (QED) is 0.620. The van der Waals surface area contributed by atoms with Crippen molar-refractivity contribution in [2.75, 3.05) is 13.2 Å². The third kappa shape index (κ3) is 3.78. The number of imidazole rings is 1. The number of nitrogens with zero attached hydrogens (tertiary/aromatic N) is 4. The Morgan fingerprint density at radius 3 is 2.77 bits per heavy atom. The van der Waals surface area contributed by atoms with Crippen molar-refractivity contribution in [1.29, 1.82) is 0 Å². The van der Waals surface area contributed by atoms with E-state index in [-0.39, 0.29) is 23.8 Å². The zero-order valence-electron chi connectivity index (χ0n) is 14.8. The maximum atomic E-state index is 12.5. The van der Waals surface area contributed by atoms with Crippen LogP contribution in [-0.2, 0) is 9.47 Å². The van der Waals surface area contributed by atoms with Gasteiger partial charge in [-0.3, -0.25) is 4.40 Å². The second-order valence-electron chi connectivity index (χ2n) is 7.12. The Morgan fingerprint density at radius 2 is 2.12 bits per heavy atom. The predicted molar refractivity (Wildman–Crippen MR) is 102 cm³/mol. The molecule has 0 saturated carbocycles. The normalized spacial score (nSPS) is 21.3. The number of carbonyl (C=O) groups is 1. The Morgan fingerprint density at radius 1 is 1.42 bits per heavy atom. The van der Waals surface area contributed by atoms with Gasteiger partial charge >= 0.3 is 6.09 Å². The highest BCUT2D eigenvalue weighted by atomic mass is 79.9. The lowest BCUT2D eigenvalue weighted by Crippen LogP contribution is -2.50. The molecular weight excluding hydrogens is 447 g/mol. The molecule has 0 N–H and O–H groups in total. The van der Waals surface area contributed by atoms with Gasteiger partial charge in [0.25, 0.3) is 0 Å². The van der Waals surface area contributed by atoms with Crippen molar-refractivity contribution in [3.8, 4) is 0 Å². The molecule has 0 spiro atoms. The van der Waals surface area contributed by atoms with Crippen LogP contribution in [0.5, 0.6) is 0 Å². The molecule has 1 aliphatic rings. The molecule has 7 nitrogen and oxygen atoms in total. The Labute approximate surface area is 169 Å². The number of carbonyl (C=O) groups excluding carboxylic acids is 1. The first-order chi connectivity index (χ1) is 12.1. The number of morpholine rings is 1. The monoisotopic (exact) mass is 464 g/mol. The summed E-state index contributed by atoms with van der Waals surface area (Å²) < 4.78 is 13.6. The van der Waals surface area contributed by atoms with Crippen molar-refractivity contribution < 1.29 is 14.3 Å². The molecule has 2 aromatic rings. The van der Waals surface area contributed by atoms with Gasteiger partial charge in [0.1, 0.15) is 32.8 Å². The van der Waals surface area contributed by atoms with Gasteiger partial charge in [-0.2, -0.15) is 0 Å². The van der Waals surface area contributed by atoms with Gasteiger partial charge in [-0.1, -0.05) is 23.2 Å². The molecule has 1 amide bonds. The third-order valence-corrected chi connectivity index (χ3v) is 5.00. The smallest absolute Gasteiger partial charge is 0.410 e. The van der Waals surface area contributed by atoms with E-state index in [4.69, 9.17) is 32.7 Å². The second kappa shape index (κ2) is 7.14. The van der Waals surface area contributed by atoms with Crippen LogP contribution < -0.4 is 0 Å². The Hall–Kier alpha value is -1.09. The first-order valence-corrected chi connectivity index (χ1v) is 9.62. The van der Waals surface area contributed by atoms with Crippen LogP contribution in [0.1, 0.15) is 39.6 Å². The van der Waals surface area contributed by atoms with Crippen LogP contribution in [0.4, 0.5) is 4.79 Å². The summed E-state index contributed by atoms with van der Waals surface area (Å²) in [5.41, 5.74) is -0.0175. The lowest BCUT2D eigenvalue weighted by molar-refractivity contribution is -0.0698. The maximum Gasteiger partial charge on any atom is 0.410 e. The summed E-state index contributed by atoms with van der Waals surface area (Å²) in [6, 6.07) is -0.114. The van der Waals surface area contributed by atoms with E-state index in [1.165, 1.54) is 6.20 Å². The highest BCUT2D eigenvalue weighted by Gasteiger charge is 2.36. The minimum Gasteiger partial charge on any atom is -0.444 e. The number of ether oxygens (including phenoxy) is 2. The zero-order chi connectivity index (χ0) is 19.2. The lowest BCUT2D eigenvalue weighted by atomic mass is 10.2. The number of fused-ring (bicyclic) bond motifs is 1. The molecule has 3 heterocycles. The molecule has 10 heteroatoms. The van der Waals surface area contributed by atoms with E-state index >= 15 is 0 Å². The fraction of sp³-hybridized carbons (Fsp3) is 0.562. The number of rotatable bonds is 1. The van der Waals surface area contributed by atoms with E-state index in [0.29, 0.717) is 27.7 Å². The average molecular weight is 466 g/mol. The van der Waals surface area contributed by atoms with Crippen LogP contribution in [0.25, 0.3) is 5.52 Å². The molecule has 0 unspecified atom stereocenters. The van der Waals surface area contributed by atoms with Gasteiger partial charge < -0.3 is 14.4 Å². The van der Waals surface area contributed by atoms with E-state index in [0.717, 1.165) is 0 Å². The molecule has 2 aromatic heterocycles. The van der Waals surface area contributed by atoms with Crippen molar-refractivity contribution in [1.82, 2.24) is 19.3 Å². The maximum absolute atomic E-state index is 12.5. The average Bonchev–Trinajstić information content (AvgIpc) is 2.88. The molecule has 0 aliphatic carbocycles. The molecule has 26 heavy (non-hydrogen) atoms. The van der Waals surface area contributed by atoms with Gasteiger partial charge in [-0.25, -0.2) is 14.8 Å². The minimum atomic E-state index is -0.573. The highest BCUT2D eigenvalue weighted by molar-refractivity contribution is 9.10. The van der Waals surface area contributed by atoms with E-state index in [2.05, 4.69) is 25.9 Å². The summed E-state index contributed by atoms with van der Waals surface area (Å²) in [6.07, 6.45) is 0.587. The molecule has 2 atom stereocenters. The van der Waals surface area contributed by atoms with Gasteiger partial charge in [0.05, 0.1) is 25.4 Å². The predicted octanol–water partition coefficient (Wildman–Crippen LogP) is 4.50. The van der Waals surface area contributed by atoms with Gasteiger partial charge in [0.15, 0.2) is 5.15 Å². The Bertz CT molecular complexity index is 852. The van der Waals surface area contributed by atoms with E-state index in [1.54, 1.807) is 9.30 Å². The van der Waals surface area contributed by atoms with E-state index < -0.39 is 11.7 Å². The Kier molecular flexibility index (Phi) is 5.40. The number of aromatic nitrogens is 3. The van der Waals surface area contributed by atoms with Crippen molar-refractivity contribution in [3.63, 3.8) is 0 Å². The fourth-order valence-corrected chi connectivity index (χ4v) is 3.84. The van der Waals surface area contributed by atoms with Gasteiger partial charge in [-0.05, 0) is 43.6 Å². The number of amides is 1. The molecule has 0 aromatic carbocycles. The lowest BCUT2D eigenvalue weighted by Gasteiger charge is -2.38. The minimum absolute atomic E-state index is 0.114. The van der Waals surface area contributed by atoms with Crippen molar-refractivity contribution in [3.05, 3.63) is 26.9 Å². The van der Waals surface area contributed by atoms with Crippen LogP contribution >= 0.6 is 39.1 Å². The highest BCUT2D eigenvalue weighted by Crippen LogP contribution is 2.33. The molecule has 1 aliphatic heterocycles. The first kappa shape index (κ1) is 19.7. The summed E-state index contributed by atoms with van der Waals surface area (Å²) in [5.74, 6) is 0.543. The topological polar surface area (TPSA) is 69.0 Å². The molecule has 0 bridgehead atoms. The van der Waals surface area contributed by atoms with E-state index in [9.17, 15) is 4.79 Å². The fourth-order valence-electron chi connectivity index (χ4n) is 2.74. The summed E-state index contributed by atoms with van der Waals surface area (Å²) in [5, 5.41) is 0.622. The molecule has 1 saturated heterocycles. The summed E-state index contributed by atoms with van der Waals surface area (Å²) in [4.78, 5) is 22.7. The molecule has 0 radical (unpaired) electrons. The molecule has 142 valence electrons. The standard InChI is InChI=1S/C16H19BrCl2N4O3/c1-8-7-25-9(6-22(8)15(24)26-16(2,3)4)14-21-12(17)11-13(19)20-5-10(18)23(11)14/h5,8-9H,6-7H2,1-4H3/t8-,9-/m0/s1. The van der Waals surface area contributed by atoms with Gasteiger partial charge in [-0.15, -0.1) is 0 Å².